The summed E-state index contributed by atoms with van der Waals surface area (Å²) in [6.45, 7) is 1.92. The number of methoxy groups -OCH3 is 1. The molecule has 0 aliphatic heterocycles. The predicted molar refractivity (Wildman–Crippen MR) is 82.0 cm³/mol. The monoisotopic (exact) mass is 347 g/mol. The lowest BCUT2D eigenvalue weighted by molar-refractivity contribution is 0.0936. The summed E-state index contributed by atoms with van der Waals surface area (Å²) in [5.41, 5.74) is 0.553. The van der Waals surface area contributed by atoms with Crippen LogP contribution in [0.25, 0.3) is 0 Å². The number of aliphatic hydroxyl groups is 1. The normalized spacial score (nSPS) is 13.7. The largest absolute Gasteiger partial charge is 0.496 e. The van der Waals surface area contributed by atoms with E-state index in [9.17, 15) is 9.90 Å². The van der Waals surface area contributed by atoms with Crippen LogP contribution in [0.2, 0.25) is 0 Å². The zero-order valence-electron chi connectivity index (χ0n) is 11.1. The molecule has 2 unspecified atom stereocenters. The van der Waals surface area contributed by atoms with Gasteiger partial charge < -0.3 is 15.2 Å². The average molecular weight is 348 g/mol. The van der Waals surface area contributed by atoms with Crippen LogP contribution in [0.1, 0.15) is 17.3 Å². The van der Waals surface area contributed by atoms with Gasteiger partial charge in [-0.15, -0.1) is 0 Å². The van der Waals surface area contributed by atoms with Gasteiger partial charge in [0.25, 0.3) is 5.91 Å². The highest BCUT2D eigenvalue weighted by molar-refractivity contribution is 9.10. The molecule has 0 spiro atoms. The molecule has 0 saturated heterocycles. The molecule has 1 aromatic carbocycles. The second-order valence-corrected chi connectivity index (χ2v) is 6.00. The minimum atomic E-state index is -0.164. The van der Waals surface area contributed by atoms with Crippen molar-refractivity contribution in [1.82, 2.24) is 5.32 Å². The molecule has 1 aromatic rings. The zero-order valence-corrected chi connectivity index (χ0v) is 13.5. The third-order valence-electron chi connectivity index (χ3n) is 2.81. The van der Waals surface area contributed by atoms with Gasteiger partial charge in [-0.1, -0.05) is 0 Å². The third-order valence-corrected chi connectivity index (χ3v) is 4.60. The lowest BCUT2D eigenvalue weighted by atomic mass is 10.1. The highest BCUT2D eigenvalue weighted by Crippen LogP contribution is 2.25. The van der Waals surface area contributed by atoms with Crippen molar-refractivity contribution >= 4 is 33.6 Å². The van der Waals surface area contributed by atoms with E-state index in [1.165, 1.54) is 11.8 Å². The molecular weight excluding hydrogens is 330 g/mol. The van der Waals surface area contributed by atoms with Gasteiger partial charge in [0.15, 0.2) is 0 Å². The van der Waals surface area contributed by atoms with E-state index in [1.54, 1.807) is 25.3 Å². The molecular formula is C13H18BrNO3S. The highest BCUT2D eigenvalue weighted by atomic mass is 79.9. The summed E-state index contributed by atoms with van der Waals surface area (Å²) in [7, 11) is 1.58. The van der Waals surface area contributed by atoms with Crippen LogP contribution in [-0.4, -0.2) is 42.3 Å². The number of benzene rings is 1. The van der Waals surface area contributed by atoms with E-state index >= 15 is 0 Å². The van der Waals surface area contributed by atoms with Gasteiger partial charge in [0.05, 0.1) is 18.2 Å². The van der Waals surface area contributed by atoms with Crippen molar-refractivity contribution < 1.29 is 14.6 Å². The Labute approximate surface area is 126 Å². The molecule has 0 radical (unpaired) electrons. The fourth-order valence-electron chi connectivity index (χ4n) is 1.63. The van der Waals surface area contributed by atoms with Gasteiger partial charge in [0.2, 0.25) is 0 Å². The Kier molecular flexibility index (Phi) is 6.68. The maximum atomic E-state index is 12.1. The van der Waals surface area contributed by atoms with E-state index in [-0.39, 0.29) is 23.8 Å². The first kappa shape index (κ1) is 16.3. The highest BCUT2D eigenvalue weighted by Gasteiger charge is 2.18. The first-order chi connectivity index (χ1) is 9.03. The number of hydrogen-bond donors (Lipinski definition) is 2. The van der Waals surface area contributed by atoms with Gasteiger partial charge >= 0.3 is 0 Å². The summed E-state index contributed by atoms with van der Waals surface area (Å²) in [4.78, 5) is 12.1. The molecule has 0 heterocycles. The van der Waals surface area contributed by atoms with Crippen LogP contribution in [-0.2, 0) is 0 Å². The molecule has 0 aliphatic carbocycles. The number of ether oxygens (including phenoxy) is 1. The van der Waals surface area contributed by atoms with Gasteiger partial charge in [-0.25, -0.2) is 0 Å². The number of amides is 1. The summed E-state index contributed by atoms with van der Waals surface area (Å²) >= 11 is 4.88. The second kappa shape index (κ2) is 7.77. The first-order valence-corrected chi connectivity index (χ1v) is 7.89. The van der Waals surface area contributed by atoms with Crippen molar-refractivity contribution in [3.05, 3.63) is 28.2 Å². The lowest BCUT2D eigenvalue weighted by Crippen LogP contribution is -2.41. The second-order valence-electron chi connectivity index (χ2n) is 4.07. The molecule has 2 atom stereocenters. The van der Waals surface area contributed by atoms with Crippen LogP contribution in [0.3, 0.4) is 0 Å². The Balaban J connectivity index is 2.75. The molecule has 0 fully saturated rings. The summed E-state index contributed by atoms with van der Waals surface area (Å²) in [6.07, 6.45) is 1.91. The standard InChI is InChI=1S/C13H18BrNO3S/c1-8(12(7-16)19-3)15-13(17)9-4-5-11(18-2)10(14)6-9/h4-6,8,12,16H,7H2,1-3H3,(H,15,17). The van der Waals surface area contributed by atoms with E-state index in [2.05, 4.69) is 21.2 Å². The van der Waals surface area contributed by atoms with Gasteiger partial charge in [0.1, 0.15) is 5.75 Å². The quantitative estimate of drug-likeness (QED) is 0.828. The smallest absolute Gasteiger partial charge is 0.251 e. The molecule has 0 bridgehead atoms. The van der Waals surface area contributed by atoms with Crippen LogP contribution < -0.4 is 10.1 Å². The Hall–Kier alpha value is -0.720. The lowest BCUT2D eigenvalue weighted by Gasteiger charge is -2.21. The number of carbonyl (C=O) groups excluding carboxylic acids is 1. The number of hydrogen-bond acceptors (Lipinski definition) is 4. The van der Waals surface area contributed by atoms with Crippen molar-refractivity contribution in [2.75, 3.05) is 20.0 Å². The van der Waals surface area contributed by atoms with Crippen molar-refractivity contribution in [1.29, 1.82) is 0 Å². The van der Waals surface area contributed by atoms with Crippen molar-refractivity contribution in [3.63, 3.8) is 0 Å². The Morgan fingerprint density at radius 1 is 1.58 bits per heavy atom. The maximum absolute atomic E-state index is 12.1. The van der Waals surface area contributed by atoms with Gasteiger partial charge in [-0.2, -0.15) is 11.8 Å². The summed E-state index contributed by atoms with van der Waals surface area (Å²) in [5.74, 6) is 0.519. The summed E-state index contributed by atoms with van der Waals surface area (Å²) < 4.78 is 5.85. The van der Waals surface area contributed by atoms with E-state index < -0.39 is 0 Å². The molecule has 0 aliphatic rings. The van der Waals surface area contributed by atoms with Crippen molar-refractivity contribution in [2.24, 2.45) is 0 Å². The molecule has 4 nitrogen and oxygen atoms in total. The molecule has 6 heteroatoms. The number of rotatable bonds is 6. The van der Waals surface area contributed by atoms with Crippen LogP contribution in [0.5, 0.6) is 5.75 Å². The maximum Gasteiger partial charge on any atom is 0.251 e. The fourth-order valence-corrected chi connectivity index (χ4v) is 2.79. The number of nitrogens with one attached hydrogen (secondary N) is 1. The zero-order chi connectivity index (χ0) is 14.4. The van der Waals surface area contributed by atoms with Crippen LogP contribution >= 0.6 is 27.7 Å². The molecule has 19 heavy (non-hydrogen) atoms. The number of aliphatic hydroxyl groups excluding tert-OH is 1. The molecule has 0 aromatic heterocycles. The van der Waals surface area contributed by atoms with Crippen molar-refractivity contribution in [3.8, 4) is 5.75 Å². The Bertz CT molecular complexity index is 438. The van der Waals surface area contributed by atoms with Crippen LogP contribution in [0.4, 0.5) is 0 Å². The van der Waals surface area contributed by atoms with E-state index in [4.69, 9.17) is 4.74 Å². The SMILES string of the molecule is COc1ccc(C(=O)NC(C)C(CO)SC)cc1Br. The van der Waals surface area contributed by atoms with E-state index in [0.29, 0.717) is 11.3 Å². The minimum Gasteiger partial charge on any atom is -0.496 e. The van der Waals surface area contributed by atoms with Crippen LogP contribution in [0, 0.1) is 0 Å². The third kappa shape index (κ3) is 4.40. The van der Waals surface area contributed by atoms with Gasteiger partial charge in [-0.05, 0) is 47.3 Å². The van der Waals surface area contributed by atoms with Crippen molar-refractivity contribution in [2.45, 2.75) is 18.2 Å². The Morgan fingerprint density at radius 2 is 2.26 bits per heavy atom. The first-order valence-electron chi connectivity index (χ1n) is 5.81. The molecule has 106 valence electrons. The Morgan fingerprint density at radius 3 is 2.74 bits per heavy atom. The van der Waals surface area contributed by atoms with Crippen LogP contribution in [0.15, 0.2) is 22.7 Å². The van der Waals surface area contributed by atoms with E-state index in [0.717, 1.165) is 4.47 Å². The number of thioether (sulfide) groups is 1. The van der Waals surface area contributed by atoms with Gasteiger partial charge in [0, 0.05) is 16.9 Å². The fraction of sp³-hybridized carbons (Fsp3) is 0.462. The molecule has 1 rings (SSSR count). The number of halogens is 1. The topological polar surface area (TPSA) is 58.6 Å². The summed E-state index contributed by atoms with van der Waals surface area (Å²) in [6, 6.07) is 5.06. The number of carbonyl (C=O) groups is 1. The molecule has 0 saturated carbocycles. The summed E-state index contributed by atoms with van der Waals surface area (Å²) in [5, 5.41) is 12.1. The molecule has 2 N–H and O–H groups in total. The molecule has 1 amide bonds. The average Bonchev–Trinajstić information content (AvgIpc) is 2.39. The minimum absolute atomic E-state index is 0.00867. The van der Waals surface area contributed by atoms with Gasteiger partial charge in [-0.3, -0.25) is 4.79 Å². The predicted octanol–water partition coefficient (Wildman–Crippen LogP) is 2.30. The van der Waals surface area contributed by atoms with E-state index in [1.807, 2.05) is 13.2 Å².